The maximum absolute atomic E-state index is 13.5. The number of methoxy groups -OCH3 is 1. The normalized spacial score (nSPS) is 16.8. The summed E-state index contributed by atoms with van der Waals surface area (Å²) in [5.41, 5.74) is 0.776. The minimum atomic E-state index is -1.07. The zero-order valence-corrected chi connectivity index (χ0v) is 20.2. The van der Waals surface area contributed by atoms with Crippen molar-refractivity contribution in [1.82, 2.24) is 4.98 Å². The third-order valence-electron chi connectivity index (χ3n) is 5.50. The van der Waals surface area contributed by atoms with E-state index in [0.717, 1.165) is 28.4 Å². The van der Waals surface area contributed by atoms with Crippen LogP contribution in [0.1, 0.15) is 32.5 Å². The first-order valence-electron chi connectivity index (χ1n) is 10.7. The van der Waals surface area contributed by atoms with Crippen molar-refractivity contribution in [3.63, 3.8) is 0 Å². The monoisotopic (exact) mass is 508 g/mol. The fourth-order valence-electron chi connectivity index (χ4n) is 3.77. The molecule has 0 spiro atoms. The summed E-state index contributed by atoms with van der Waals surface area (Å²) in [5, 5.41) is 11.2. The van der Waals surface area contributed by atoms with E-state index >= 15 is 0 Å². The van der Waals surface area contributed by atoms with Gasteiger partial charge < -0.3 is 14.6 Å². The summed E-state index contributed by atoms with van der Waals surface area (Å²) < 4.78 is 23.8. The molecule has 184 valence electrons. The molecular weight excluding hydrogens is 487 g/mol. The SMILES string of the molecule is C=CCOC(=O)c1sc(N2C(=O)C(=O)/C(=C(\O)c3ccc(F)cc3)C2c2ccc(OC)cc2)nc1C. The molecule has 1 aromatic heterocycles. The molecule has 4 rings (SSSR count). The first-order valence-corrected chi connectivity index (χ1v) is 11.5. The quantitative estimate of drug-likeness (QED) is 0.164. The third-order valence-corrected chi connectivity index (χ3v) is 6.64. The summed E-state index contributed by atoms with van der Waals surface area (Å²) in [5.74, 6) is -2.95. The maximum Gasteiger partial charge on any atom is 0.350 e. The lowest BCUT2D eigenvalue weighted by molar-refractivity contribution is -0.132. The Hall–Kier alpha value is -4.31. The molecule has 1 N–H and O–H groups in total. The molecule has 1 saturated heterocycles. The number of hydrogen-bond donors (Lipinski definition) is 1. The van der Waals surface area contributed by atoms with Crippen molar-refractivity contribution in [2.75, 3.05) is 18.6 Å². The number of aliphatic hydroxyl groups excluding tert-OH is 1. The van der Waals surface area contributed by atoms with Crippen molar-refractivity contribution in [3.05, 3.63) is 94.3 Å². The summed E-state index contributed by atoms with van der Waals surface area (Å²) >= 11 is 0.893. The van der Waals surface area contributed by atoms with Gasteiger partial charge in [0.25, 0.3) is 5.78 Å². The standard InChI is InChI=1S/C26H21FN2O6S/c1-4-13-35-25(33)23-14(2)28-26(36-23)29-20(15-7-11-18(34-3)12-8-15)19(22(31)24(29)32)21(30)16-5-9-17(27)10-6-16/h4-12,20,30H,1,13H2,2-3H3/b21-19-. The second kappa shape index (κ2) is 10.1. The molecule has 10 heteroatoms. The Morgan fingerprint density at radius 2 is 1.86 bits per heavy atom. The van der Waals surface area contributed by atoms with E-state index in [1.165, 1.54) is 25.3 Å². The Bertz CT molecular complexity index is 1380. The molecule has 0 radical (unpaired) electrons. The van der Waals surface area contributed by atoms with Gasteiger partial charge in [0.2, 0.25) is 0 Å². The van der Waals surface area contributed by atoms with Crippen molar-refractivity contribution in [1.29, 1.82) is 0 Å². The number of anilines is 1. The van der Waals surface area contributed by atoms with Crippen LogP contribution in [0.3, 0.4) is 0 Å². The Morgan fingerprint density at radius 1 is 1.19 bits per heavy atom. The Balaban J connectivity index is 1.88. The number of ketones is 1. The zero-order chi connectivity index (χ0) is 26.0. The summed E-state index contributed by atoms with van der Waals surface area (Å²) in [6.45, 7) is 5.09. The van der Waals surface area contributed by atoms with Crippen LogP contribution < -0.4 is 9.64 Å². The van der Waals surface area contributed by atoms with E-state index in [1.807, 2.05) is 0 Å². The highest BCUT2D eigenvalue weighted by Crippen LogP contribution is 2.44. The van der Waals surface area contributed by atoms with Crippen LogP contribution in [0.15, 0.2) is 66.8 Å². The fourth-order valence-corrected chi connectivity index (χ4v) is 4.76. The number of aromatic nitrogens is 1. The van der Waals surface area contributed by atoms with Crippen LogP contribution in [0.2, 0.25) is 0 Å². The number of Topliss-reactive ketones (excluding diaryl/α,β-unsaturated/α-hetero) is 1. The topological polar surface area (TPSA) is 106 Å². The van der Waals surface area contributed by atoms with E-state index in [1.54, 1.807) is 31.2 Å². The Kier molecular flexibility index (Phi) is 6.98. The van der Waals surface area contributed by atoms with Crippen LogP contribution in [-0.4, -0.2) is 41.5 Å². The summed E-state index contributed by atoms with van der Waals surface area (Å²) in [6, 6.07) is 10.4. The Morgan fingerprint density at radius 3 is 2.47 bits per heavy atom. The second-order valence-electron chi connectivity index (χ2n) is 7.75. The fraction of sp³-hybridized carbons (Fsp3) is 0.154. The number of aliphatic hydroxyl groups is 1. The highest BCUT2D eigenvalue weighted by Gasteiger charge is 2.48. The van der Waals surface area contributed by atoms with Gasteiger partial charge in [-0.25, -0.2) is 14.2 Å². The molecule has 0 saturated carbocycles. The molecular formula is C26H21FN2O6S. The minimum absolute atomic E-state index is 0.000457. The number of halogens is 1. The molecule has 1 amide bonds. The number of esters is 1. The smallest absolute Gasteiger partial charge is 0.350 e. The van der Waals surface area contributed by atoms with Crippen molar-refractivity contribution in [3.8, 4) is 5.75 Å². The van der Waals surface area contributed by atoms with E-state index in [2.05, 4.69) is 11.6 Å². The van der Waals surface area contributed by atoms with Gasteiger partial charge >= 0.3 is 11.9 Å². The van der Waals surface area contributed by atoms with Gasteiger partial charge in [-0.2, -0.15) is 0 Å². The van der Waals surface area contributed by atoms with Gasteiger partial charge in [-0.05, 0) is 48.9 Å². The molecule has 0 aliphatic carbocycles. The minimum Gasteiger partial charge on any atom is -0.507 e. The van der Waals surface area contributed by atoms with Gasteiger partial charge in [0.1, 0.15) is 28.8 Å². The second-order valence-corrected chi connectivity index (χ2v) is 8.72. The van der Waals surface area contributed by atoms with E-state index in [0.29, 0.717) is 17.0 Å². The third kappa shape index (κ3) is 4.50. The average Bonchev–Trinajstić information content (AvgIpc) is 3.39. The van der Waals surface area contributed by atoms with Gasteiger partial charge in [0, 0.05) is 5.56 Å². The van der Waals surface area contributed by atoms with Crippen LogP contribution in [0.4, 0.5) is 9.52 Å². The number of nitrogens with zero attached hydrogens (tertiary/aromatic N) is 2. The van der Waals surface area contributed by atoms with Crippen LogP contribution in [0.25, 0.3) is 5.76 Å². The molecule has 8 nitrogen and oxygen atoms in total. The number of benzene rings is 2. The molecule has 1 unspecified atom stereocenters. The molecule has 1 fully saturated rings. The average molecular weight is 509 g/mol. The van der Waals surface area contributed by atoms with Crippen molar-refractivity contribution in [2.24, 2.45) is 0 Å². The lowest BCUT2D eigenvalue weighted by atomic mass is 9.95. The van der Waals surface area contributed by atoms with E-state index in [-0.39, 0.29) is 27.8 Å². The number of carbonyl (C=O) groups excluding carboxylic acids is 3. The molecule has 2 heterocycles. The van der Waals surface area contributed by atoms with Crippen LogP contribution in [0.5, 0.6) is 5.75 Å². The number of aryl methyl sites for hydroxylation is 1. The van der Waals surface area contributed by atoms with E-state index in [9.17, 15) is 23.9 Å². The largest absolute Gasteiger partial charge is 0.507 e. The molecule has 2 aromatic carbocycles. The maximum atomic E-state index is 13.5. The van der Waals surface area contributed by atoms with Gasteiger partial charge in [-0.3, -0.25) is 14.5 Å². The van der Waals surface area contributed by atoms with Crippen LogP contribution in [-0.2, 0) is 14.3 Å². The first-order chi connectivity index (χ1) is 17.3. The van der Waals surface area contributed by atoms with Crippen LogP contribution >= 0.6 is 11.3 Å². The molecule has 1 aliphatic heterocycles. The summed E-state index contributed by atoms with van der Waals surface area (Å²) in [4.78, 5) is 44.6. The summed E-state index contributed by atoms with van der Waals surface area (Å²) in [6.07, 6.45) is 1.42. The Labute approximate surface area is 209 Å². The predicted molar refractivity (Wildman–Crippen MR) is 132 cm³/mol. The van der Waals surface area contributed by atoms with Gasteiger partial charge in [-0.15, -0.1) is 0 Å². The zero-order valence-electron chi connectivity index (χ0n) is 19.4. The van der Waals surface area contributed by atoms with E-state index in [4.69, 9.17) is 9.47 Å². The molecule has 3 aromatic rings. The van der Waals surface area contributed by atoms with Gasteiger partial charge in [0.05, 0.1) is 24.4 Å². The molecule has 1 atom stereocenters. The van der Waals surface area contributed by atoms with Crippen molar-refractivity contribution >= 4 is 39.9 Å². The van der Waals surface area contributed by atoms with Crippen molar-refractivity contribution in [2.45, 2.75) is 13.0 Å². The number of ether oxygens (including phenoxy) is 2. The number of rotatable bonds is 7. The van der Waals surface area contributed by atoms with Crippen molar-refractivity contribution < 1.29 is 33.4 Å². The number of thiazole rings is 1. The predicted octanol–water partition coefficient (Wildman–Crippen LogP) is 4.57. The highest BCUT2D eigenvalue weighted by molar-refractivity contribution is 7.17. The number of carbonyl (C=O) groups is 3. The van der Waals surface area contributed by atoms with Gasteiger partial charge in [-0.1, -0.05) is 36.1 Å². The van der Waals surface area contributed by atoms with Gasteiger partial charge in [0.15, 0.2) is 5.13 Å². The molecule has 1 aliphatic rings. The number of amides is 1. The lowest BCUT2D eigenvalue weighted by Gasteiger charge is -2.23. The first kappa shape index (κ1) is 24.8. The molecule has 0 bridgehead atoms. The highest BCUT2D eigenvalue weighted by atomic mass is 32.1. The van der Waals surface area contributed by atoms with Crippen LogP contribution in [0, 0.1) is 12.7 Å². The molecule has 36 heavy (non-hydrogen) atoms. The summed E-state index contributed by atoms with van der Waals surface area (Å²) in [7, 11) is 1.50. The number of hydrogen-bond acceptors (Lipinski definition) is 8. The van der Waals surface area contributed by atoms with E-state index < -0.39 is 35.3 Å². The lowest BCUT2D eigenvalue weighted by Crippen LogP contribution is -2.29.